The molecule has 150 valence electrons. The van der Waals surface area contributed by atoms with Crippen LogP contribution in [0.2, 0.25) is 0 Å². The van der Waals surface area contributed by atoms with Crippen LogP contribution in [-0.4, -0.2) is 27.4 Å². The maximum absolute atomic E-state index is 12.6. The zero-order chi connectivity index (χ0) is 20.9. The van der Waals surface area contributed by atoms with Crippen LogP contribution in [0.4, 0.5) is 5.69 Å². The molecule has 2 N–H and O–H groups in total. The molecule has 8 heteroatoms. The second-order valence-corrected chi connectivity index (χ2v) is 6.59. The first kappa shape index (κ1) is 19.1. The number of para-hydroxylation sites is 1. The third-order valence-corrected chi connectivity index (χ3v) is 4.52. The van der Waals surface area contributed by atoms with Gasteiger partial charge in [-0.15, -0.1) is 0 Å². The van der Waals surface area contributed by atoms with Gasteiger partial charge in [0.25, 0.3) is 11.6 Å². The van der Waals surface area contributed by atoms with Crippen LogP contribution >= 0.6 is 0 Å². The Morgan fingerprint density at radius 1 is 1.07 bits per heavy atom. The number of nitrogens with zero attached hydrogens (tertiary/aromatic N) is 2. The smallest absolute Gasteiger partial charge is 0.271 e. The van der Waals surface area contributed by atoms with E-state index in [0.717, 1.165) is 5.56 Å². The lowest BCUT2D eigenvalue weighted by atomic mass is 10.1. The van der Waals surface area contributed by atoms with Crippen molar-refractivity contribution in [2.75, 3.05) is 6.61 Å². The molecule has 0 spiro atoms. The average molecular weight is 402 g/mol. The fourth-order valence-electron chi connectivity index (χ4n) is 3.09. The average Bonchev–Trinajstić information content (AvgIpc) is 3.20. The van der Waals surface area contributed by atoms with Crippen LogP contribution in [0.15, 0.2) is 78.9 Å². The van der Waals surface area contributed by atoms with E-state index >= 15 is 0 Å². The first-order valence-corrected chi connectivity index (χ1v) is 9.26. The van der Waals surface area contributed by atoms with E-state index < -0.39 is 11.0 Å². The van der Waals surface area contributed by atoms with Gasteiger partial charge in [0, 0.05) is 12.1 Å². The number of hydrogen-bond acceptors (Lipinski definition) is 5. The maximum Gasteiger partial charge on any atom is 0.271 e. The van der Waals surface area contributed by atoms with Crippen LogP contribution in [0.3, 0.4) is 0 Å². The normalized spacial score (nSPS) is 11.7. The van der Waals surface area contributed by atoms with Gasteiger partial charge in [-0.1, -0.05) is 48.5 Å². The van der Waals surface area contributed by atoms with Crippen LogP contribution in [0.1, 0.15) is 17.4 Å². The fourth-order valence-corrected chi connectivity index (χ4v) is 3.09. The molecule has 0 saturated heterocycles. The number of rotatable bonds is 7. The van der Waals surface area contributed by atoms with Crippen molar-refractivity contribution in [3.8, 4) is 5.75 Å². The summed E-state index contributed by atoms with van der Waals surface area (Å²) >= 11 is 0. The highest BCUT2D eigenvalue weighted by Crippen LogP contribution is 2.25. The number of carbonyl (C=O) groups excluding carboxylic acids is 1. The largest absolute Gasteiger partial charge is 0.484 e. The summed E-state index contributed by atoms with van der Waals surface area (Å²) in [4.78, 5) is 30.8. The van der Waals surface area contributed by atoms with Crippen LogP contribution in [-0.2, 0) is 4.79 Å². The molecule has 0 aliphatic carbocycles. The number of imidazole rings is 1. The summed E-state index contributed by atoms with van der Waals surface area (Å²) in [5.74, 6) is 0.754. The number of nitrogens with one attached hydrogen (secondary N) is 2. The number of aromatic nitrogens is 2. The minimum absolute atomic E-state index is 0.0331. The van der Waals surface area contributed by atoms with Crippen LogP contribution in [0.5, 0.6) is 5.75 Å². The van der Waals surface area contributed by atoms with Crippen molar-refractivity contribution in [1.82, 2.24) is 15.3 Å². The number of hydrogen-bond donors (Lipinski definition) is 2. The number of nitro benzene ring substituents is 1. The van der Waals surface area contributed by atoms with Gasteiger partial charge in [-0.2, -0.15) is 0 Å². The number of benzene rings is 3. The highest BCUT2D eigenvalue weighted by atomic mass is 16.6. The van der Waals surface area contributed by atoms with Crippen molar-refractivity contribution in [1.29, 1.82) is 0 Å². The summed E-state index contributed by atoms with van der Waals surface area (Å²) in [5.41, 5.74) is 1.88. The number of H-pyrrole nitrogens is 1. The Bertz CT molecular complexity index is 1180. The van der Waals surface area contributed by atoms with Gasteiger partial charge in [-0.3, -0.25) is 14.9 Å². The Morgan fingerprint density at radius 3 is 2.47 bits per heavy atom. The molecule has 30 heavy (non-hydrogen) atoms. The predicted molar refractivity (Wildman–Crippen MR) is 111 cm³/mol. The molecule has 0 aliphatic heterocycles. The Kier molecular flexibility index (Phi) is 5.38. The molecule has 1 heterocycles. The number of fused-ring (bicyclic) bond motifs is 1. The Hall–Kier alpha value is -4.20. The third kappa shape index (κ3) is 4.27. The van der Waals surface area contributed by atoms with Gasteiger partial charge in [0.15, 0.2) is 6.61 Å². The van der Waals surface area contributed by atoms with E-state index in [0.29, 0.717) is 22.6 Å². The summed E-state index contributed by atoms with van der Waals surface area (Å²) < 4.78 is 5.52. The van der Waals surface area contributed by atoms with Crippen molar-refractivity contribution in [2.45, 2.75) is 6.04 Å². The van der Waals surface area contributed by atoms with E-state index in [1.807, 2.05) is 48.5 Å². The zero-order valence-corrected chi connectivity index (χ0v) is 15.8. The number of carbonyl (C=O) groups is 1. The van der Waals surface area contributed by atoms with E-state index in [-0.39, 0.29) is 18.2 Å². The number of ether oxygens (including phenoxy) is 1. The van der Waals surface area contributed by atoms with Gasteiger partial charge in [0.1, 0.15) is 17.6 Å². The Labute approximate surface area is 171 Å². The van der Waals surface area contributed by atoms with E-state index in [1.54, 1.807) is 18.2 Å². The molecule has 1 aromatic heterocycles. The van der Waals surface area contributed by atoms with E-state index in [2.05, 4.69) is 15.3 Å². The highest BCUT2D eigenvalue weighted by molar-refractivity contribution is 5.80. The van der Waals surface area contributed by atoms with Crippen LogP contribution < -0.4 is 10.1 Å². The van der Waals surface area contributed by atoms with E-state index in [4.69, 9.17) is 4.74 Å². The highest BCUT2D eigenvalue weighted by Gasteiger charge is 2.21. The lowest BCUT2D eigenvalue weighted by Crippen LogP contribution is -2.33. The molecule has 8 nitrogen and oxygen atoms in total. The quantitative estimate of drug-likeness (QED) is 0.361. The summed E-state index contributed by atoms with van der Waals surface area (Å²) in [7, 11) is 0. The number of amides is 1. The second-order valence-electron chi connectivity index (χ2n) is 6.59. The molecular weight excluding hydrogens is 384 g/mol. The minimum atomic E-state index is -0.565. The van der Waals surface area contributed by atoms with Gasteiger partial charge in [0.05, 0.1) is 16.0 Å². The van der Waals surface area contributed by atoms with E-state index in [1.165, 1.54) is 12.1 Å². The lowest BCUT2D eigenvalue weighted by molar-refractivity contribution is -0.384. The Balaban J connectivity index is 1.59. The second kappa shape index (κ2) is 8.44. The summed E-state index contributed by atoms with van der Waals surface area (Å²) in [6, 6.07) is 22.3. The van der Waals surface area contributed by atoms with Crippen LogP contribution in [0.25, 0.3) is 11.0 Å². The third-order valence-electron chi connectivity index (χ3n) is 4.52. The molecule has 0 bridgehead atoms. The molecule has 0 fully saturated rings. The Morgan fingerprint density at radius 2 is 1.77 bits per heavy atom. The lowest BCUT2D eigenvalue weighted by Gasteiger charge is -2.17. The van der Waals surface area contributed by atoms with Crippen molar-refractivity contribution in [3.05, 3.63) is 100 Å². The first-order chi connectivity index (χ1) is 14.6. The van der Waals surface area contributed by atoms with Crippen molar-refractivity contribution >= 4 is 22.6 Å². The number of non-ortho nitro benzene ring substituents is 1. The van der Waals surface area contributed by atoms with Crippen molar-refractivity contribution in [2.24, 2.45) is 0 Å². The summed E-state index contributed by atoms with van der Waals surface area (Å²) in [5, 5.41) is 14.0. The number of aromatic amines is 1. The van der Waals surface area contributed by atoms with Gasteiger partial charge in [-0.25, -0.2) is 4.98 Å². The fraction of sp³-hybridized carbons (Fsp3) is 0.0909. The zero-order valence-electron chi connectivity index (χ0n) is 15.8. The first-order valence-electron chi connectivity index (χ1n) is 9.26. The van der Waals surface area contributed by atoms with Gasteiger partial charge >= 0.3 is 0 Å². The van der Waals surface area contributed by atoms with Crippen LogP contribution in [0, 0.1) is 10.1 Å². The van der Waals surface area contributed by atoms with E-state index in [9.17, 15) is 14.9 Å². The predicted octanol–water partition coefficient (Wildman–Crippen LogP) is 3.76. The molecule has 1 unspecified atom stereocenters. The van der Waals surface area contributed by atoms with Gasteiger partial charge in [0.2, 0.25) is 0 Å². The maximum atomic E-state index is 12.6. The number of nitro groups is 1. The topological polar surface area (TPSA) is 110 Å². The minimum Gasteiger partial charge on any atom is -0.484 e. The molecule has 4 aromatic rings. The molecular formula is C22H18N4O4. The molecule has 4 rings (SSSR count). The monoisotopic (exact) mass is 402 g/mol. The molecule has 0 radical (unpaired) electrons. The molecule has 1 amide bonds. The molecule has 1 atom stereocenters. The molecule has 3 aromatic carbocycles. The van der Waals surface area contributed by atoms with Crippen molar-refractivity contribution < 1.29 is 14.5 Å². The summed E-state index contributed by atoms with van der Waals surface area (Å²) in [6.45, 7) is -0.154. The van der Waals surface area contributed by atoms with Gasteiger partial charge in [-0.05, 0) is 23.8 Å². The standard InChI is InChI=1S/C22H18N4O4/c27-20(14-30-17-9-5-2-6-10-17)25-21(15-7-3-1-4-8-15)22-23-18-12-11-16(26(28)29)13-19(18)24-22/h1-13,21H,14H2,(H,23,24)(H,25,27). The molecule has 0 saturated carbocycles. The molecule has 0 aliphatic rings. The van der Waals surface area contributed by atoms with Crippen molar-refractivity contribution in [3.63, 3.8) is 0 Å². The van der Waals surface area contributed by atoms with Gasteiger partial charge < -0.3 is 15.0 Å². The summed E-state index contributed by atoms with van der Waals surface area (Å²) in [6.07, 6.45) is 0. The SMILES string of the molecule is O=C(COc1ccccc1)NC(c1ccccc1)c1nc2ccc([N+](=O)[O-])cc2[nH]1.